The summed E-state index contributed by atoms with van der Waals surface area (Å²) in [5.74, 6) is -3.67. The van der Waals surface area contributed by atoms with E-state index in [-0.39, 0.29) is 39.7 Å². The summed E-state index contributed by atoms with van der Waals surface area (Å²) in [6.45, 7) is 0.708. The zero-order valence-electron chi connectivity index (χ0n) is 15.1. The van der Waals surface area contributed by atoms with E-state index in [1.165, 1.54) is 12.4 Å². The van der Waals surface area contributed by atoms with Gasteiger partial charge in [-0.05, 0) is 6.92 Å². The summed E-state index contributed by atoms with van der Waals surface area (Å²) in [4.78, 5) is 47.7. The van der Waals surface area contributed by atoms with Crippen molar-refractivity contribution in [3.63, 3.8) is 0 Å². The molecule has 12 nitrogen and oxygen atoms in total. The van der Waals surface area contributed by atoms with E-state index in [4.69, 9.17) is 15.1 Å². The molecule has 0 unspecified atom stereocenters. The van der Waals surface area contributed by atoms with E-state index < -0.39 is 42.6 Å². The number of carbonyl (C=O) groups is 4. The van der Waals surface area contributed by atoms with Gasteiger partial charge in [0.1, 0.15) is 30.2 Å². The Morgan fingerprint density at radius 2 is 1.97 bits per heavy atom. The molecule has 0 spiro atoms. The third-order valence-corrected chi connectivity index (χ3v) is 5.18. The molecule has 0 fully saturated rings. The fourth-order valence-corrected chi connectivity index (χ4v) is 3.69. The first-order chi connectivity index (χ1) is 13.6. The summed E-state index contributed by atoms with van der Waals surface area (Å²) in [7, 11) is 0. The monoisotopic (exact) mass is 429 g/mol. The van der Waals surface area contributed by atoms with Gasteiger partial charge < -0.3 is 30.7 Å². The molecule has 0 saturated carbocycles. The number of phenols is 2. The number of ether oxygens (including phenoxy) is 1. The number of carbonyl (C=O) groups excluding carboxylic acids is 3. The predicted octanol–water partition coefficient (Wildman–Crippen LogP) is -0.564. The first-order valence-corrected chi connectivity index (χ1v) is 9.34. The molecule has 13 heteroatoms. The molecule has 0 radical (unpaired) electrons. The number of aromatic hydroxyl groups is 2. The van der Waals surface area contributed by atoms with Gasteiger partial charge in [-0.25, -0.2) is 15.1 Å². The molecular weight excluding hydrogens is 410 g/mol. The molecule has 3 amide bonds. The van der Waals surface area contributed by atoms with Crippen LogP contribution in [0.3, 0.4) is 0 Å². The molecule has 1 aliphatic rings. The highest BCUT2D eigenvalue weighted by Crippen LogP contribution is 2.35. The molecular formula is C16H19N3O9S. The average molecular weight is 429 g/mol. The van der Waals surface area contributed by atoms with Crippen molar-refractivity contribution in [3.8, 4) is 11.5 Å². The Balaban J connectivity index is 2.46. The third kappa shape index (κ3) is 5.20. The molecule has 2 atom stereocenters. The maximum absolute atomic E-state index is 12.5. The van der Waals surface area contributed by atoms with Gasteiger partial charge in [0.25, 0.3) is 5.91 Å². The van der Waals surface area contributed by atoms with E-state index in [1.54, 1.807) is 0 Å². The van der Waals surface area contributed by atoms with Crippen molar-refractivity contribution < 1.29 is 44.4 Å². The number of thioether (sulfide) groups is 1. The number of hydrogen-bond donors (Lipinski definition) is 7. The minimum atomic E-state index is -1.57. The van der Waals surface area contributed by atoms with Crippen LogP contribution in [0.15, 0.2) is 6.07 Å². The van der Waals surface area contributed by atoms with Crippen molar-refractivity contribution in [1.82, 2.24) is 16.1 Å². The van der Waals surface area contributed by atoms with Gasteiger partial charge in [0.15, 0.2) is 0 Å². The molecule has 1 aliphatic heterocycles. The van der Waals surface area contributed by atoms with Crippen LogP contribution >= 0.6 is 11.8 Å². The highest BCUT2D eigenvalue weighted by Gasteiger charge is 2.30. The molecule has 0 bridgehead atoms. The van der Waals surface area contributed by atoms with Crippen LogP contribution in [0.5, 0.6) is 11.5 Å². The maximum atomic E-state index is 12.5. The van der Waals surface area contributed by atoms with Gasteiger partial charge in [-0.15, -0.1) is 0 Å². The molecule has 0 aliphatic carbocycles. The molecule has 1 aromatic rings. The summed E-state index contributed by atoms with van der Waals surface area (Å²) in [6, 6.07) is -1.73. The number of hydroxylamine groups is 1. The van der Waals surface area contributed by atoms with E-state index >= 15 is 0 Å². The Morgan fingerprint density at radius 1 is 1.28 bits per heavy atom. The van der Waals surface area contributed by atoms with E-state index in [9.17, 15) is 29.4 Å². The molecule has 0 aromatic heterocycles. The number of phenolic OH excluding ortho intramolecular Hbond substituents is 2. The largest absolute Gasteiger partial charge is 0.508 e. The van der Waals surface area contributed by atoms with Crippen molar-refractivity contribution in [2.45, 2.75) is 24.8 Å². The molecule has 7 N–H and O–H groups in total. The summed E-state index contributed by atoms with van der Waals surface area (Å²) < 4.78 is 5.03. The molecule has 2 rings (SSSR count). The fourth-order valence-electron chi connectivity index (χ4n) is 2.60. The van der Waals surface area contributed by atoms with E-state index in [0.717, 1.165) is 17.8 Å². The Labute approximate surface area is 168 Å². The Hall–Kier alpha value is -3.19. The topological polar surface area (TPSA) is 195 Å². The number of cyclic esters (lactones) is 1. The second-order valence-corrected chi connectivity index (χ2v) is 7.08. The lowest BCUT2D eigenvalue weighted by molar-refractivity contribution is -0.134. The van der Waals surface area contributed by atoms with E-state index in [2.05, 4.69) is 5.32 Å². The summed E-state index contributed by atoms with van der Waals surface area (Å²) in [6.07, 6.45) is -1.57. The van der Waals surface area contributed by atoms with E-state index in [0.29, 0.717) is 0 Å². The van der Waals surface area contributed by atoms with Crippen LogP contribution in [0.4, 0.5) is 4.79 Å². The van der Waals surface area contributed by atoms with Crippen molar-refractivity contribution in [1.29, 1.82) is 0 Å². The van der Waals surface area contributed by atoms with Gasteiger partial charge >= 0.3 is 12.1 Å². The Kier molecular flexibility index (Phi) is 7.12. The lowest BCUT2D eigenvalue weighted by Gasteiger charge is -2.23. The normalized spacial score (nSPS) is 20.2. The second-order valence-electron chi connectivity index (χ2n) is 6.05. The number of carboxylic acid groups (broad SMARTS) is 1. The molecule has 29 heavy (non-hydrogen) atoms. The number of hydrogen-bond acceptors (Lipinski definition) is 9. The summed E-state index contributed by atoms with van der Waals surface area (Å²) in [5, 5.41) is 42.0. The first kappa shape index (κ1) is 22.1. The molecule has 0 saturated heterocycles. The van der Waals surface area contributed by atoms with Crippen molar-refractivity contribution >= 4 is 35.6 Å². The van der Waals surface area contributed by atoms with Crippen molar-refractivity contribution in [3.05, 3.63) is 22.8 Å². The number of fused-ring (bicyclic) bond motifs is 1. The van der Waals surface area contributed by atoms with Crippen LogP contribution in [0.25, 0.3) is 0 Å². The quantitative estimate of drug-likeness (QED) is 0.182. The van der Waals surface area contributed by atoms with Crippen LogP contribution < -0.4 is 16.1 Å². The maximum Gasteiger partial charge on any atom is 0.405 e. The van der Waals surface area contributed by atoms with Gasteiger partial charge in [0.2, 0.25) is 5.91 Å². The SMILES string of the molecule is Cc1c(O)cc(O)c2c1C(=O)OC[C@H](NC(=O)O)C(=O)N[C@H](C(=O)NO)CSC2. The van der Waals surface area contributed by atoms with Gasteiger partial charge in [0.05, 0.1) is 5.56 Å². The van der Waals surface area contributed by atoms with Crippen molar-refractivity contribution in [2.24, 2.45) is 0 Å². The van der Waals surface area contributed by atoms with Gasteiger partial charge in [0, 0.05) is 28.7 Å². The lowest BCUT2D eigenvalue weighted by atomic mass is 10.0. The minimum absolute atomic E-state index is 0.0132. The molecule has 1 aromatic carbocycles. The summed E-state index contributed by atoms with van der Waals surface area (Å²) in [5.41, 5.74) is 1.53. The van der Waals surface area contributed by atoms with Crippen LogP contribution in [0.2, 0.25) is 0 Å². The molecule has 1 heterocycles. The van der Waals surface area contributed by atoms with Crippen LogP contribution in [0.1, 0.15) is 21.5 Å². The number of esters is 1. The van der Waals surface area contributed by atoms with Gasteiger partial charge in [-0.2, -0.15) is 11.8 Å². The lowest BCUT2D eigenvalue weighted by Crippen LogP contribution is -2.55. The Bertz CT molecular complexity index is 845. The smallest absolute Gasteiger partial charge is 0.405 e. The fraction of sp³-hybridized carbons (Fsp3) is 0.375. The number of benzene rings is 1. The van der Waals surface area contributed by atoms with Crippen molar-refractivity contribution in [2.75, 3.05) is 12.4 Å². The summed E-state index contributed by atoms with van der Waals surface area (Å²) >= 11 is 1.04. The number of rotatable bonds is 2. The standard InChI is InChI=1S/C16H19N3O9S/c1-6-10(20)2-11(21)7-4-29-5-9(14(23)19-27)17-13(22)8(18-16(25)26)3-28-15(24)12(6)7/h2,8-9,18,20-21,27H,3-5H2,1H3,(H,17,22)(H,19,23)(H,25,26)/t8-,9-/m0/s1. The third-order valence-electron chi connectivity index (χ3n) is 4.12. The number of nitrogens with one attached hydrogen (secondary N) is 3. The highest BCUT2D eigenvalue weighted by atomic mass is 32.2. The van der Waals surface area contributed by atoms with Gasteiger partial charge in [-0.3, -0.25) is 14.8 Å². The van der Waals surface area contributed by atoms with Crippen LogP contribution in [0, 0.1) is 6.92 Å². The molecule has 158 valence electrons. The zero-order valence-corrected chi connectivity index (χ0v) is 15.9. The highest BCUT2D eigenvalue weighted by molar-refractivity contribution is 7.98. The van der Waals surface area contributed by atoms with E-state index in [1.807, 2.05) is 5.32 Å². The Morgan fingerprint density at radius 3 is 2.59 bits per heavy atom. The van der Waals surface area contributed by atoms with Crippen LogP contribution in [-0.4, -0.2) is 68.8 Å². The number of amides is 3. The average Bonchev–Trinajstić information content (AvgIpc) is 2.66. The zero-order chi connectivity index (χ0) is 21.7. The first-order valence-electron chi connectivity index (χ1n) is 8.18. The predicted molar refractivity (Wildman–Crippen MR) is 97.8 cm³/mol. The minimum Gasteiger partial charge on any atom is -0.508 e. The van der Waals surface area contributed by atoms with Gasteiger partial charge in [-0.1, -0.05) is 0 Å². The van der Waals surface area contributed by atoms with Crippen LogP contribution in [-0.2, 0) is 20.1 Å². The second kappa shape index (κ2) is 9.34.